The quantitative estimate of drug-likeness (QED) is 0.900. The topological polar surface area (TPSA) is 75.9 Å². The van der Waals surface area contributed by atoms with Gasteiger partial charge in [-0.3, -0.25) is 15.1 Å². The molecule has 7 nitrogen and oxygen atoms in total. The Morgan fingerprint density at radius 3 is 2.78 bits per heavy atom. The first-order chi connectivity index (χ1) is 10.8. The van der Waals surface area contributed by atoms with E-state index in [2.05, 4.69) is 20.4 Å². The van der Waals surface area contributed by atoms with Crippen LogP contribution in [0.4, 0.5) is 19.1 Å². The monoisotopic (exact) mass is 328 g/mol. The fourth-order valence-electron chi connectivity index (χ4n) is 1.75. The molecule has 124 valence electrons. The predicted octanol–water partition coefficient (Wildman–Crippen LogP) is 1.51. The fourth-order valence-corrected chi connectivity index (χ4v) is 1.75. The summed E-state index contributed by atoms with van der Waals surface area (Å²) in [7, 11) is 3.78. The number of nitrogens with one attached hydrogen (secondary N) is 1. The molecule has 0 atom stereocenters. The van der Waals surface area contributed by atoms with E-state index in [1.54, 1.807) is 0 Å². The fraction of sp³-hybridized carbons (Fsp3) is 0.385. The predicted molar refractivity (Wildman–Crippen MR) is 75.8 cm³/mol. The average molecular weight is 328 g/mol. The Hall–Kier alpha value is -2.49. The number of alkyl halides is 3. The summed E-state index contributed by atoms with van der Waals surface area (Å²) in [5, 5.41) is 6.24. The second-order valence-electron chi connectivity index (χ2n) is 5.01. The van der Waals surface area contributed by atoms with Crippen LogP contribution in [0.2, 0.25) is 0 Å². The third kappa shape index (κ3) is 4.49. The highest BCUT2D eigenvalue weighted by molar-refractivity contribution is 6.04. The van der Waals surface area contributed by atoms with Crippen molar-refractivity contribution in [2.45, 2.75) is 12.7 Å². The van der Waals surface area contributed by atoms with Gasteiger partial charge in [0.05, 0.1) is 17.7 Å². The molecule has 0 unspecified atom stereocenters. The number of aromatic nitrogens is 4. The molecule has 0 saturated carbocycles. The van der Waals surface area contributed by atoms with Gasteiger partial charge < -0.3 is 4.90 Å². The summed E-state index contributed by atoms with van der Waals surface area (Å²) in [4.78, 5) is 21.2. The number of anilines is 1. The molecule has 2 rings (SSSR count). The zero-order chi connectivity index (χ0) is 17.0. The Balaban J connectivity index is 2.11. The van der Waals surface area contributed by atoms with E-state index in [-0.39, 0.29) is 5.95 Å². The summed E-state index contributed by atoms with van der Waals surface area (Å²) in [6, 6.07) is 1.00. The van der Waals surface area contributed by atoms with Gasteiger partial charge in [0.25, 0.3) is 5.91 Å². The first-order valence-electron chi connectivity index (χ1n) is 6.64. The van der Waals surface area contributed by atoms with Gasteiger partial charge in [-0.05, 0) is 20.2 Å². The van der Waals surface area contributed by atoms with Crippen molar-refractivity contribution < 1.29 is 18.0 Å². The molecular weight excluding hydrogens is 313 g/mol. The maximum atomic E-state index is 12.9. The first-order valence-corrected chi connectivity index (χ1v) is 6.64. The lowest BCUT2D eigenvalue weighted by Gasteiger charge is -2.11. The van der Waals surface area contributed by atoms with Gasteiger partial charge in [0, 0.05) is 18.9 Å². The minimum atomic E-state index is -4.67. The normalized spacial score (nSPS) is 11.7. The molecule has 0 aliphatic carbocycles. The number of amides is 1. The minimum Gasteiger partial charge on any atom is -0.308 e. The first kappa shape index (κ1) is 16.9. The van der Waals surface area contributed by atoms with Gasteiger partial charge in [0.1, 0.15) is 6.33 Å². The summed E-state index contributed by atoms with van der Waals surface area (Å²) in [5.74, 6) is -0.997. The van der Waals surface area contributed by atoms with E-state index in [9.17, 15) is 18.0 Å². The van der Waals surface area contributed by atoms with E-state index in [0.717, 1.165) is 12.3 Å². The van der Waals surface area contributed by atoms with Crippen molar-refractivity contribution >= 4 is 11.9 Å². The number of likely N-dealkylation sites (N-methyl/N-ethyl adjacent to an activating group) is 1. The molecule has 2 heterocycles. The summed E-state index contributed by atoms with van der Waals surface area (Å²) in [6.07, 6.45) is -1.54. The lowest BCUT2D eigenvalue weighted by atomic mass is 10.1. The standard InChI is InChI=1S/C13H15F3N6O/c1-21(2)5-6-22-8-18-12(20-22)19-11(23)9-3-4-17-7-10(9)13(14,15)16/h3-4,7-8H,5-6H2,1-2H3,(H,19,20,23). The Bertz CT molecular complexity index is 682. The van der Waals surface area contributed by atoms with Crippen LogP contribution >= 0.6 is 0 Å². The highest BCUT2D eigenvalue weighted by atomic mass is 19.4. The van der Waals surface area contributed by atoms with Crippen LogP contribution in [-0.2, 0) is 12.7 Å². The van der Waals surface area contributed by atoms with Crippen molar-refractivity contribution in [1.82, 2.24) is 24.6 Å². The van der Waals surface area contributed by atoms with Crippen LogP contribution in [0.3, 0.4) is 0 Å². The maximum absolute atomic E-state index is 12.9. The highest BCUT2D eigenvalue weighted by Crippen LogP contribution is 2.31. The SMILES string of the molecule is CN(C)CCn1cnc(NC(=O)c2ccncc2C(F)(F)F)n1. The molecule has 10 heteroatoms. The smallest absolute Gasteiger partial charge is 0.308 e. The zero-order valence-electron chi connectivity index (χ0n) is 12.5. The van der Waals surface area contributed by atoms with Crippen molar-refractivity contribution in [3.63, 3.8) is 0 Å². The Kier molecular flexibility index (Phi) is 4.94. The lowest BCUT2D eigenvalue weighted by Crippen LogP contribution is -2.20. The van der Waals surface area contributed by atoms with Crippen molar-refractivity contribution in [1.29, 1.82) is 0 Å². The van der Waals surface area contributed by atoms with Crippen molar-refractivity contribution in [2.75, 3.05) is 26.0 Å². The molecule has 0 fully saturated rings. The summed E-state index contributed by atoms with van der Waals surface area (Å²) >= 11 is 0. The molecule has 0 spiro atoms. The number of nitrogens with zero attached hydrogens (tertiary/aromatic N) is 5. The second kappa shape index (κ2) is 6.73. The van der Waals surface area contributed by atoms with Gasteiger partial charge in [0.2, 0.25) is 5.95 Å². The molecule has 23 heavy (non-hydrogen) atoms. The number of carbonyl (C=O) groups excluding carboxylic acids is 1. The van der Waals surface area contributed by atoms with E-state index in [1.165, 1.54) is 11.0 Å². The van der Waals surface area contributed by atoms with Gasteiger partial charge in [-0.2, -0.15) is 13.2 Å². The zero-order valence-corrected chi connectivity index (χ0v) is 12.5. The molecule has 0 radical (unpaired) electrons. The van der Waals surface area contributed by atoms with Crippen LogP contribution in [0.15, 0.2) is 24.8 Å². The highest BCUT2D eigenvalue weighted by Gasteiger charge is 2.35. The third-order valence-corrected chi connectivity index (χ3v) is 2.91. The molecule has 0 aromatic carbocycles. The van der Waals surface area contributed by atoms with E-state index in [1.807, 2.05) is 19.0 Å². The lowest BCUT2D eigenvalue weighted by molar-refractivity contribution is -0.138. The second-order valence-corrected chi connectivity index (χ2v) is 5.01. The van der Waals surface area contributed by atoms with Gasteiger partial charge in [-0.15, -0.1) is 5.10 Å². The number of halogens is 3. The molecule has 2 aromatic rings. The molecule has 2 aromatic heterocycles. The van der Waals surface area contributed by atoms with Crippen LogP contribution < -0.4 is 5.32 Å². The average Bonchev–Trinajstić information content (AvgIpc) is 2.92. The van der Waals surface area contributed by atoms with Crippen molar-refractivity contribution in [2.24, 2.45) is 0 Å². The number of pyridine rings is 1. The molecular formula is C13H15F3N6O. The largest absolute Gasteiger partial charge is 0.418 e. The maximum Gasteiger partial charge on any atom is 0.418 e. The Labute approximate surface area is 130 Å². The van der Waals surface area contributed by atoms with Crippen LogP contribution in [-0.4, -0.2) is 51.2 Å². The van der Waals surface area contributed by atoms with Crippen LogP contribution in [0.25, 0.3) is 0 Å². The molecule has 0 aliphatic rings. The van der Waals surface area contributed by atoms with E-state index in [0.29, 0.717) is 19.3 Å². The molecule has 0 bridgehead atoms. The van der Waals surface area contributed by atoms with E-state index < -0.39 is 23.2 Å². The third-order valence-electron chi connectivity index (χ3n) is 2.91. The summed E-state index contributed by atoms with van der Waals surface area (Å²) in [5.41, 5.74) is -1.64. The van der Waals surface area contributed by atoms with Gasteiger partial charge in [-0.25, -0.2) is 9.67 Å². The van der Waals surface area contributed by atoms with Gasteiger partial charge in [-0.1, -0.05) is 0 Å². The number of hydrogen-bond acceptors (Lipinski definition) is 5. The molecule has 1 N–H and O–H groups in total. The molecule has 0 saturated heterocycles. The van der Waals surface area contributed by atoms with Crippen molar-refractivity contribution in [3.8, 4) is 0 Å². The van der Waals surface area contributed by atoms with Crippen LogP contribution in [0.1, 0.15) is 15.9 Å². The number of rotatable bonds is 5. The van der Waals surface area contributed by atoms with Crippen molar-refractivity contribution in [3.05, 3.63) is 35.9 Å². The van der Waals surface area contributed by atoms with Gasteiger partial charge >= 0.3 is 6.18 Å². The van der Waals surface area contributed by atoms with Crippen LogP contribution in [0.5, 0.6) is 0 Å². The Morgan fingerprint density at radius 2 is 2.13 bits per heavy atom. The molecule has 1 amide bonds. The summed E-state index contributed by atoms with van der Waals surface area (Å²) in [6.45, 7) is 1.25. The molecule has 0 aliphatic heterocycles. The Morgan fingerprint density at radius 1 is 1.39 bits per heavy atom. The summed E-state index contributed by atoms with van der Waals surface area (Å²) < 4.78 is 40.1. The van der Waals surface area contributed by atoms with E-state index in [4.69, 9.17) is 0 Å². The number of carbonyl (C=O) groups is 1. The number of hydrogen-bond donors (Lipinski definition) is 1. The van der Waals surface area contributed by atoms with Crippen LogP contribution in [0, 0.1) is 0 Å². The minimum absolute atomic E-state index is 0.0568. The van der Waals surface area contributed by atoms with E-state index >= 15 is 0 Å². The van der Waals surface area contributed by atoms with Gasteiger partial charge in [0.15, 0.2) is 0 Å².